The molecule has 0 spiro atoms. The fourth-order valence-corrected chi connectivity index (χ4v) is 2.43. The topological polar surface area (TPSA) is 29.3 Å². The molecule has 2 N–H and O–H groups in total. The van der Waals surface area contributed by atoms with E-state index in [1.807, 2.05) is 12.4 Å². The minimum atomic E-state index is 0.821. The van der Waals surface area contributed by atoms with Gasteiger partial charge in [-0.15, -0.1) is 0 Å². The number of rotatable bonds is 5. The minimum absolute atomic E-state index is 0.821. The molecule has 1 aliphatic rings. The summed E-state index contributed by atoms with van der Waals surface area (Å²) in [5.74, 6) is 1.80. The summed E-state index contributed by atoms with van der Waals surface area (Å²) in [6, 6.07) is 0. The van der Waals surface area contributed by atoms with E-state index in [1.165, 1.54) is 32.1 Å². The maximum absolute atomic E-state index is 5.38. The number of nitrogens with two attached hydrogens (primary N) is 1. The molecule has 0 aromatic carbocycles. The largest absolute Gasteiger partial charge is 0.403 e. The molecule has 0 amide bonds. The lowest BCUT2D eigenvalue weighted by Crippen LogP contribution is -2.24. The number of nitrogens with zero attached hydrogens (tertiary/aromatic N) is 1. The fourth-order valence-electron chi connectivity index (χ4n) is 2.43. The molecular formula is C13H24N2. The molecule has 0 bridgehead atoms. The maximum atomic E-state index is 5.38. The summed E-state index contributed by atoms with van der Waals surface area (Å²) in [6.07, 6.45) is 12.2. The van der Waals surface area contributed by atoms with Crippen molar-refractivity contribution in [1.82, 2.24) is 4.90 Å². The van der Waals surface area contributed by atoms with Crippen molar-refractivity contribution in [2.75, 3.05) is 6.54 Å². The van der Waals surface area contributed by atoms with Gasteiger partial charge in [-0.3, -0.25) is 0 Å². The van der Waals surface area contributed by atoms with Crippen LogP contribution in [0.3, 0.4) is 0 Å². The molecular weight excluding hydrogens is 184 g/mol. The van der Waals surface area contributed by atoms with Gasteiger partial charge in [0.15, 0.2) is 0 Å². The van der Waals surface area contributed by atoms with Crippen LogP contribution in [-0.2, 0) is 0 Å². The summed E-state index contributed by atoms with van der Waals surface area (Å²) in [5, 5.41) is 0. The Kier molecular flexibility index (Phi) is 5.30. The highest BCUT2D eigenvalue weighted by Crippen LogP contribution is 2.31. The van der Waals surface area contributed by atoms with Gasteiger partial charge in [-0.05, 0) is 30.9 Å². The van der Waals surface area contributed by atoms with E-state index in [9.17, 15) is 0 Å². The minimum Gasteiger partial charge on any atom is -0.403 e. The van der Waals surface area contributed by atoms with Gasteiger partial charge in [0, 0.05) is 18.9 Å². The molecule has 0 heterocycles. The Hall–Kier alpha value is -0.920. The molecule has 0 aromatic heterocycles. The zero-order valence-corrected chi connectivity index (χ0v) is 9.86. The Labute approximate surface area is 93.8 Å². The Bertz CT molecular complexity index is 203. The standard InChI is InChI=1S/C13H24N2/c1-3-12-5-7-13(8-6-12)11-15(4-2)10-9-14/h4,9-10,12-13H,2-3,5-8,11,14H2,1H3/b10-9-/t12-,13+. The Morgan fingerprint density at radius 2 is 1.87 bits per heavy atom. The quantitative estimate of drug-likeness (QED) is 0.752. The predicted octanol–water partition coefficient (Wildman–Crippen LogP) is 3.08. The van der Waals surface area contributed by atoms with E-state index < -0.39 is 0 Å². The summed E-state index contributed by atoms with van der Waals surface area (Å²) in [4.78, 5) is 2.09. The van der Waals surface area contributed by atoms with E-state index in [1.54, 1.807) is 6.20 Å². The van der Waals surface area contributed by atoms with E-state index in [0.717, 1.165) is 18.4 Å². The van der Waals surface area contributed by atoms with E-state index in [4.69, 9.17) is 5.73 Å². The highest BCUT2D eigenvalue weighted by Gasteiger charge is 2.20. The molecule has 86 valence electrons. The lowest BCUT2D eigenvalue weighted by atomic mass is 9.81. The molecule has 15 heavy (non-hydrogen) atoms. The van der Waals surface area contributed by atoms with Gasteiger partial charge in [-0.1, -0.05) is 32.8 Å². The summed E-state index contributed by atoms with van der Waals surface area (Å²) < 4.78 is 0. The molecule has 2 heteroatoms. The van der Waals surface area contributed by atoms with Crippen LogP contribution in [0.2, 0.25) is 0 Å². The van der Waals surface area contributed by atoms with Crippen molar-refractivity contribution in [2.24, 2.45) is 17.6 Å². The lowest BCUT2D eigenvalue weighted by Gasteiger charge is -2.30. The summed E-state index contributed by atoms with van der Waals surface area (Å²) in [6.45, 7) is 7.18. The van der Waals surface area contributed by atoms with Crippen LogP contribution in [0, 0.1) is 11.8 Å². The number of hydrogen-bond donors (Lipinski definition) is 1. The molecule has 0 atom stereocenters. The lowest BCUT2D eigenvalue weighted by molar-refractivity contribution is 0.238. The molecule has 1 rings (SSSR count). The van der Waals surface area contributed by atoms with Crippen LogP contribution in [0.15, 0.2) is 25.2 Å². The second kappa shape index (κ2) is 6.54. The first-order valence-corrected chi connectivity index (χ1v) is 6.06. The first-order chi connectivity index (χ1) is 7.30. The molecule has 0 aromatic rings. The average Bonchev–Trinajstić information content (AvgIpc) is 2.29. The Morgan fingerprint density at radius 3 is 2.33 bits per heavy atom. The fraction of sp³-hybridized carbons (Fsp3) is 0.692. The van der Waals surface area contributed by atoms with Gasteiger partial charge in [-0.25, -0.2) is 0 Å². The molecule has 0 radical (unpaired) electrons. The molecule has 2 nitrogen and oxygen atoms in total. The second-order valence-electron chi connectivity index (χ2n) is 4.52. The van der Waals surface area contributed by atoms with Crippen molar-refractivity contribution in [1.29, 1.82) is 0 Å². The van der Waals surface area contributed by atoms with E-state index in [0.29, 0.717) is 0 Å². The van der Waals surface area contributed by atoms with E-state index in [2.05, 4.69) is 18.4 Å². The molecule has 0 unspecified atom stereocenters. The normalized spacial score (nSPS) is 26.7. The van der Waals surface area contributed by atoms with Crippen molar-refractivity contribution < 1.29 is 0 Å². The monoisotopic (exact) mass is 208 g/mol. The van der Waals surface area contributed by atoms with Gasteiger partial charge in [0.2, 0.25) is 0 Å². The van der Waals surface area contributed by atoms with Gasteiger partial charge in [-0.2, -0.15) is 0 Å². The zero-order valence-electron chi connectivity index (χ0n) is 9.86. The summed E-state index contributed by atoms with van der Waals surface area (Å²) in [5.41, 5.74) is 5.38. The van der Waals surface area contributed by atoms with Crippen molar-refractivity contribution in [3.8, 4) is 0 Å². The molecule has 1 fully saturated rings. The van der Waals surface area contributed by atoms with Crippen molar-refractivity contribution in [3.05, 3.63) is 25.2 Å². The van der Waals surface area contributed by atoms with Crippen molar-refractivity contribution in [2.45, 2.75) is 39.0 Å². The van der Waals surface area contributed by atoms with Crippen LogP contribution in [0.5, 0.6) is 0 Å². The van der Waals surface area contributed by atoms with Gasteiger partial charge in [0.05, 0.1) is 0 Å². The first-order valence-electron chi connectivity index (χ1n) is 6.06. The Morgan fingerprint density at radius 1 is 1.27 bits per heavy atom. The van der Waals surface area contributed by atoms with Crippen LogP contribution < -0.4 is 5.73 Å². The van der Waals surface area contributed by atoms with Crippen molar-refractivity contribution in [3.63, 3.8) is 0 Å². The average molecular weight is 208 g/mol. The van der Waals surface area contributed by atoms with Crippen LogP contribution >= 0.6 is 0 Å². The SMILES string of the molecule is C=CN(/C=C\N)C[C@H]1CC[C@@H](CC)CC1. The third kappa shape index (κ3) is 3.98. The van der Waals surface area contributed by atoms with Crippen LogP contribution in [0.1, 0.15) is 39.0 Å². The van der Waals surface area contributed by atoms with Crippen molar-refractivity contribution >= 4 is 0 Å². The van der Waals surface area contributed by atoms with E-state index >= 15 is 0 Å². The molecule has 0 aliphatic heterocycles. The van der Waals surface area contributed by atoms with Crippen LogP contribution in [-0.4, -0.2) is 11.4 Å². The van der Waals surface area contributed by atoms with Gasteiger partial charge in [0.1, 0.15) is 0 Å². The second-order valence-corrected chi connectivity index (χ2v) is 4.52. The smallest absolute Gasteiger partial charge is 0.0248 e. The zero-order chi connectivity index (χ0) is 11.1. The molecule has 1 aliphatic carbocycles. The maximum Gasteiger partial charge on any atom is 0.0248 e. The predicted molar refractivity (Wildman–Crippen MR) is 66.0 cm³/mol. The third-order valence-electron chi connectivity index (χ3n) is 3.52. The first kappa shape index (κ1) is 12.2. The van der Waals surface area contributed by atoms with Gasteiger partial charge < -0.3 is 10.6 Å². The van der Waals surface area contributed by atoms with Crippen LogP contribution in [0.25, 0.3) is 0 Å². The summed E-state index contributed by atoms with van der Waals surface area (Å²) in [7, 11) is 0. The van der Waals surface area contributed by atoms with Crippen LogP contribution in [0.4, 0.5) is 0 Å². The molecule has 1 saturated carbocycles. The van der Waals surface area contributed by atoms with E-state index in [-0.39, 0.29) is 0 Å². The van der Waals surface area contributed by atoms with Gasteiger partial charge >= 0.3 is 0 Å². The summed E-state index contributed by atoms with van der Waals surface area (Å²) >= 11 is 0. The van der Waals surface area contributed by atoms with Gasteiger partial charge in [0.25, 0.3) is 0 Å². The molecule has 0 saturated heterocycles. The highest BCUT2D eigenvalue weighted by atomic mass is 15.1. The number of hydrogen-bond acceptors (Lipinski definition) is 2. The highest BCUT2D eigenvalue weighted by molar-refractivity contribution is 4.87. The third-order valence-corrected chi connectivity index (χ3v) is 3.52. The Balaban J connectivity index is 2.30.